The molecule has 0 amide bonds. The number of anilines is 1. The fourth-order valence-electron chi connectivity index (χ4n) is 6.45. The fraction of sp³-hybridized carbons (Fsp3) is 0.741. The number of rotatable bonds is 9. The number of likely N-dealkylation sites (N-methyl/N-ethyl adjacent to an activating group) is 1. The second kappa shape index (κ2) is 9.72. The average molecular weight is 591 g/mol. The molecule has 1 heterocycles. The molecule has 4 aliphatic carbocycles. The Morgan fingerprint density at radius 2 is 1.77 bits per heavy atom. The van der Waals surface area contributed by atoms with Gasteiger partial charge in [-0.25, -0.2) is 21.6 Å². The van der Waals surface area contributed by atoms with Gasteiger partial charge in [-0.1, -0.05) is 0 Å². The molecule has 2 bridgehead atoms. The molecule has 1 aliphatic heterocycles. The highest BCUT2D eigenvalue weighted by molar-refractivity contribution is 7.98. The summed E-state index contributed by atoms with van der Waals surface area (Å²) in [4.78, 5) is 14.4. The Morgan fingerprint density at radius 3 is 2.28 bits per heavy atom. The van der Waals surface area contributed by atoms with Crippen LogP contribution in [-0.2, 0) is 14.8 Å². The zero-order valence-electron chi connectivity index (χ0n) is 22.6. The number of sulfonamides is 1. The molecule has 1 aromatic rings. The van der Waals surface area contributed by atoms with E-state index in [1.54, 1.807) is 6.07 Å². The van der Waals surface area contributed by atoms with E-state index in [-0.39, 0.29) is 30.2 Å². The Hall–Kier alpha value is -1.66. The van der Waals surface area contributed by atoms with Crippen molar-refractivity contribution in [2.24, 2.45) is 5.41 Å². The molecule has 39 heavy (non-hydrogen) atoms. The largest absolute Gasteiger partial charge is 0.491 e. The number of nitrogens with zero attached hydrogens (tertiary/aromatic N) is 2. The van der Waals surface area contributed by atoms with Crippen molar-refractivity contribution in [1.29, 1.82) is 0 Å². The molecular weight excluding hydrogens is 553 g/mol. The number of hydrogen-bond acceptors (Lipinski definition) is 6. The van der Waals surface area contributed by atoms with E-state index in [1.807, 2.05) is 6.26 Å². The van der Waals surface area contributed by atoms with Gasteiger partial charge in [0.05, 0.1) is 10.6 Å². The van der Waals surface area contributed by atoms with Gasteiger partial charge in [0.1, 0.15) is 28.3 Å². The van der Waals surface area contributed by atoms with Crippen LogP contribution in [0.25, 0.3) is 0 Å². The summed E-state index contributed by atoms with van der Waals surface area (Å²) in [5, 5.41) is 9.57. The topological polar surface area (TPSA) is 87.1 Å². The van der Waals surface area contributed by atoms with E-state index in [2.05, 4.69) is 4.90 Å². The number of carbonyl (C=O) groups is 1. The summed E-state index contributed by atoms with van der Waals surface area (Å²) in [5.74, 6) is -3.58. The zero-order valence-corrected chi connectivity index (χ0v) is 24.3. The van der Waals surface area contributed by atoms with Crippen LogP contribution in [0.3, 0.4) is 0 Å². The van der Waals surface area contributed by atoms with Gasteiger partial charge in [0.25, 0.3) is 0 Å². The highest BCUT2D eigenvalue weighted by Gasteiger charge is 2.54. The Morgan fingerprint density at radius 1 is 1.15 bits per heavy atom. The Kier molecular flexibility index (Phi) is 7.19. The molecule has 0 radical (unpaired) electrons. The van der Waals surface area contributed by atoms with Crippen LogP contribution >= 0.6 is 11.8 Å². The van der Waals surface area contributed by atoms with Crippen LogP contribution in [0.4, 0.5) is 18.9 Å². The van der Waals surface area contributed by atoms with Crippen molar-refractivity contribution in [3.8, 4) is 5.75 Å². The summed E-state index contributed by atoms with van der Waals surface area (Å²) in [6.07, 6.45) is 5.25. The van der Waals surface area contributed by atoms with Crippen molar-refractivity contribution < 1.29 is 36.2 Å². The van der Waals surface area contributed by atoms with Gasteiger partial charge in [-0.2, -0.15) is 4.31 Å². The number of carboxylic acid groups (broad SMARTS) is 1. The molecule has 0 aromatic heterocycles. The predicted octanol–water partition coefficient (Wildman–Crippen LogP) is 5.71. The van der Waals surface area contributed by atoms with Crippen molar-refractivity contribution in [3.63, 3.8) is 0 Å². The highest BCUT2D eigenvalue weighted by atomic mass is 32.2. The smallest absolute Gasteiger partial charge is 0.313 e. The van der Waals surface area contributed by atoms with Crippen LogP contribution in [0, 0.1) is 5.41 Å². The third-order valence-corrected chi connectivity index (χ3v) is 12.2. The SMILES string of the molecule is CSc1cc2c(cc1OCC1(C(=O)O)CC1)S(=O)(=O)N(C)[C@H](CCC(C)(F)F)CN2C12CCC(F)(CC1)CC2. The summed E-state index contributed by atoms with van der Waals surface area (Å²) >= 11 is 1.37. The number of thioether (sulfide) groups is 1. The first-order valence-corrected chi connectivity index (χ1v) is 16.2. The normalized spacial score (nSPS) is 31.4. The van der Waals surface area contributed by atoms with Gasteiger partial charge >= 0.3 is 5.97 Å². The third kappa shape index (κ3) is 5.25. The molecule has 4 saturated carbocycles. The lowest BCUT2D eigenvalue weighted by Crippen LogP contribution is -2.60. The molecule has 4 fully saturated rings. The monoisotopic (exact) mass is 590 g/mol. The molecule has 5 aliphatic rings. The lowest BCUT2D eigenvalue weighted by molar-refractivity contribution is -0.144. The van der Waals surface area contributed by atoms with E-state index < -0.39 is 51.0 Å². The van der Waals surface area contributed by atoms with Crippen molar-refractivity contribution in [2.75, 3.05) is 31.4 Å². The first-order valence-electron chi connectivity index (χ1n) is 13.5. The summed E-state index contributed by atoms with van der Waals surface area (Å²) in [6, 6.07) is 2.54. The second-order valence-corrected chi connectivity index (χ2v) is 14.9. The first kappa shape index (κ1) is 28.9. The number of aliphatic carboxylic acids is 1. The molecule has 1 aromatic carbocycles. The first-order chi connectivity index (χ1) is 18.1. The maximum absolute atomic E-state index is 15.1. The maximum atomic E-state index is 15.1. The zero-order chi connectivity index (χ0) is 28.4. The highest BCUT2D eigenvalue weighted by Crippen LogP contribution is 2.55. The van der Waals surface area contributed by atoms with E-state index in [4.69, 9.17) is 4.74 Å². The van der Waals surface area contributed by atoms with E-state index in [9.17, 15) is 27.1 Å². The van der Waals surface area contributed by atoms with E-state index in [1.165, 1.54) is 29.2 Å². The fourth-order valence-corrected chi connectivity index (χ4v) is 8.56. The van der Waals surface area contributed by atoms with Gasteiger partial charge in [0.15, 0.2) is 0 Å². The number of benzene rings is 1. The van der Waals surface area contributed by atoms with E-state index in [0.717, 1.165) is 6.92 Å². The predicted molar refractivity (Wildman–Crippen MR) is 143 cm³/mol. The number of fused-ring (bicyclic) bond motifs is 4. The molecule has 6 rings (SSSR count). The number of hydrogen-bond donors (Lipinski definition) is 1. The van der Waals surface area contributed by atoms with Crippen molar-refractivity contribution in [1.82, 2.24) is 4.31 Å². The van der Waals surface area contributed by atoms with Gasteiger partial charge in [-0.3, -0.25) is 4.79 Å². The molecule has 218 valence electrons. The molecular formula is C27H37F3N2O5S2. The summed E-state index contributed by atoms with van der Waals surface area (Å²) in [5.41, 5.74) is -2.12. The lowest BCUT2D eigenvalue weighted by Gasteiger charge is -2.56. The molecule has 7 nitrogen and oxygen atoms in total. The van der Waals surface area contributed by atoms with Gasteiger partial charge in [-0.15, -0.1) is 11.8 Å². The second-order valence-electron chi connectivity index (χ2n) is 12.1. The number of ether oxygens (including phenoxy) is 1. The minimum absolute atomic E-state index is 0.0146. The number of carboxylic acids is 1. The van der Waals surface area contributed by atoms with Crippen LogP contribution < -0.4 is 9.64 Å². The van der Waals surface area contributed by atoms with Gasteiger partial charge in [-0.05, 0) is 77.0 Å². The summed E-state index contributed by atoms with van der Waals surface area (Å²) < 4.78 is 78.1. The number of halogens is 3. The molecule has 0 saturated heterocycles. The summed E-state index contributed by atoms with van der Waals surface area (Å²) in [7, 11) is -2.68. The van der Waals surface area contributed by atoms with Crippen LogP contribution in [0.5, 0.6) is 5.75 Å². The lowest BCUT2D eigenvalue weighted by atomic mass is 9.63. The Bertz CT molecular complexity index is 1220. The average Bonchev–Trinajstić information content (AvgIpc) is 3.69. The van der Waals surface area contributed by atoms with Gasteiger partial charge in [0, 0.05) is 37.7 Å². The van der Waals surface area contributed by atoms with Gasteiger partial charge in [0.2, 0.25) is 15.9 Å². The maximum Gasteiger partial charge on any atom is 0.313 e. The van der Waals surface area contributed by atoms with Crippen LogP contribution in [0.2, 0.25) is 0 Å². The van der Waals surface area contributed by atoms with Gasteiger partial charge < -0.3 is 14.7 Å². The third-order valence-electron chi connectivity index (χ3n) is 9.52. The minimum atomic E-state index is -4.11. The Labute approximate surface area is 232 Å². The molecule has 0 unspecified atom stereocenters. The van der Waals surface area contributed by atoms with E-state index >= 15 is 4.39 Å². The van der Waals surface area contributed by atoms with Crippen molar-refractivity contribution in [2.45, 2.75) is 104 Å². The molecule has 12 heteroatoms. The van der Waals surface area contributed by atoms with E-state index in [0.29, 0.717) is 61.9 Å². The Balaban J connectivity index is 1.59. The van der Waals surface area contributed by atoms with Crippen LogP contribution in [0.15, 0.2) is 21.9 Å². The quantitative estimate of drug-likeness (QED) is 0.369. The molecule has 1 N–H and O–H groups in total. The minimum Gasteiger partial charge on any atom is -0.491 e. The van der Waals surface area contributed by atoms with Crippen molar-refractivity contribution >= 4 is 33.4 Å². The molecule has 0 spiro atoms. The van der Waals surface area contributed by atoms with Crippen LogP contribution in [0.1, 0.15) is 71.1 Å². The molecule has 1 atom stereocenters. The number of alkyl halides is 3. The van der Waals surface area contributed by atoms with Crippen molar-refractivity contribution in [3.05, 3.63) is 12.1 Å². The van der Waals surface area contributed by atoms with Crippen LogP contribution in [-0.4, -0.2) is 73.4 Å². The standard InChI is InChI=1S/C27H37F3N2O5S2/c1-24(28,29)5-4-18-16-32(27-11-8-26(30,9-12-27)10-13-27)19-14-21(38-3)20(15-22(19)39(35,36)31(18)2)37-17-25(6-7-25)23(33)34/h14-15,18H,4-13,16-17H2,1-3H3,(H,33,34)/t18-,26?,27?/m1/s1. The summed E-state index contributed by atoms with van der Waals surface area (Å²) in [6.45, 7) is 1.00.